The van der Waals surface area contributed by atoms with E-state index in [4.69, 9.17) is 9.47 Å². The molecule has 2 aliphatic rings. The topological polar surface area (TPSA) is 96.9 Å². The van der Waals surface area contributed by atoms with Crippen molar-refractivity contribution in [3.05, 3.63) is 12.4 Å². The third-order valence-corrected chi connectivity index (χ3v) is 5.91. The van der Waals surface area contributed by atoms with Crippen LogP contribution in [0.5, 0.6) is 5.75 Å². The highest BCUT2D eigenvalue weighted by molar-refractivity contribution is 5.86. The number of likely N-dealkylation sites (tertiary alicyclic amines) is 1. The molecule has 9 nitrogen and oxygen atoms in total. The van der Waals surface area contributed by atoms with Gasteiger partial charge in [0.1, 0.15) is 17.7 Å². The van der Waals surface area contributed by atoms with Gasteiger partial charge in [0.05, 0.1) is 12.4 Å². The zero-order valence-corrected chi connectivity index (χ0v) is 20.7. The van der Waals surface area contributed by atoms with Crippen LogP contribution in [0.1, 0.15) is 66.7 Å². The molecule has 3 rings (SSSR count). The molecule has 184 valence electrons. The van der Waals surface area contributed by atoms with Gasteiger partial charge in [-0.3, -0.25) is 4.79 Å². The molecule has 33 heavy (non-hydrogen) atoms. The van der Waals surface area contributed by atoms with Gasteiger partial charge in [-0.15, -0.1) is 0 Å². The van der Waals surface area contributed by atoms with Crippen LogP contribution < -0.4 is 15.0 Å². The molecule has 0 aliphatic carbocycles. The van der Waals surface area contributed by atoms with Gasteiger partial charge in [-0.25, -0.2) is 14.8 Å². The van der Waals surface area contributed by atoms with Crippen molar-refractivity contribution in [2.24, 2.45) is 5.92 Å². The van der Waals surface area contributed by atoms with Gasteiger partial charge in [0, 0.05) is 39.0 Å². The van der Waals surface area contributed by atoms with Crippen molar-refractivity contribution >= 4 is 17.9 Å². The number of aromatic nitrogens is 2. The number of alkyl carbamates (subject to hydrolysis) is 1. The Labute approximate surface area is 197 Å². The van der Waals surface area contributed by atoms with E-state index in [9.17, 15) is 9.59 Å². The Kier molecular flexibility index (Phi) is 8.37. The number of hydrogen-bond acceptors (Lipinski definition) is 7. The van der Waals surface area contributed by atoms with Crippen molar-refractivity contribution < 1.29 is 19.1 Å². The number of hydrogen-bond donors (Lipinski definition) is 1. The number of piperidine rings is 2. The summed E-state index contributed by atoms with van der Waals surface area (Å²) in [6.45, 7) is 12.4. The third-order valence-electron chi connectivity index (χ3n) is 5.91. The molecule has 0 unspecified atom stereocenters. The van der Waals surface area contributed by atoms with Crippen LogP contribution in [0, 0.1) is 5.92 Å². The number of carbonyl (C=O) groups excluding carboxylic acids is 2. The second-order valence-electron chi connectivity index (χ2n) is 10.3. The highest BCUT2D eigenvalue weighted by atomic mass is 16.6. The SMILES string of the molecule is CC(C)[C@H](NC(=O)OC(C)(C)C)C(=O)N1CCC(Oc2cnc(N3CCCCC3)nc2)CC1. The number of carbonyl (C=O) groups is 2. The average Bonchev–Trinajstić information content (AvgIpc) is 2.77. The van der Waals surface area contributed by atoms with E-state index < -0.39 is 17.7 Å². The highest BCUT2D eigenvalue weighted by Gasteiger charge is 2.33. The van der Waals surface area contributed by atoms with Crippen LogP contribution in [0.15, 0.2) is 12.4 Å². The van der Waals surface area contributed by atoms with Crippen molar-refractivity contribution in [1.29, 1.82) is 0 Å². The van der Waals surface area contributed by atoms with Crippen LogP contribution in [0.4, 0.5) is 10.7 Å². The fourth-order valence-corrected chi connectivity index (χ4v) is 4.16. The molecule has 1 aromatic heterocycles. The monoisotopic (exact) mass is 461 g/mol. The molecule has 0 saturated carbocycles. The molecule has 0 aromatic carbocycles. The standard InChI is InChI=1S/C24H39N5O4/c1-17(2)20(27-23(31)33-24(3,4)5)21(30)28-13-9-18(10-14-28)32-19-15-25-22(26-16-19)29-11-7-6-8-12-29/h15-18,20H,6-14H2,1-5H3,(H,27,31)/t20-/m0/s1. The Bertz CT molecular complexity index is 779. The summed E-state index contributed by atoms with van der Waals surface area (Å²) in [4.78, 5) is 38.3. The number of rotatable bonds is 6. The first-order valence-electron chi connectivity index (χ1n) is 12.1. The third kappa shape index (κ3) is 7.47. The Morgan fingerprint density at radius 1 is 1.03 bits per heavy atom. The van der Waals surface area contributed by atoms with Crippen LogP contribution in [0.2, 0.25) is 0 Å². The summed E-state index contributed by atoms with van der Waals surface area (Å²) < 4.78 is 11.4. The van der Waals surface area contributed by atoms with Crippen molar-refractivity contribution in [1.82, 2.24) is 20.2 Å². The van der Waals surface area contributed by atoms with E-state index in [0.717, 1.165) is 31.9 Å². The Morgan fingerprint density at radius 2 is 1.64 bits per heavy atom. The van der Waals surface area contributed by atoms with Gasteiger partial charge in [0.25, 0.3) is 0 Å². The summed E-state index contributed by atoms with van der Waals surface area (Å²) in [6, 6.07) is -0.618. The Balaban J connectivity index is 1.48. The molecule has 0 bridgehead atoms. The number of nitrogens with one attached hydrogen (secondary N) is 1. The minimum Gasteiger partial charge on any atom is -0.487 e. The minimum atomic E-state index is -0.618. The van der Waals surface area contributed by atoms with Gasteiger partial charge in [-0.05, 0) is 46.0 Å². The normalized spacial score (nSPS) is 18.7. The van der Waals surface area contributed by atoms with Crippen molar-refractivity contribution in [2.45, 2.75) is 84.5 Å². The van der Waals surface area contributed by atoms with Crippen LogP contribution >= 0.6 is 0 Å². The van der Waals surface area contributed by atoms with E-state index in [1.165, 1.54) is 19.3 Å². The molecule has 1 aromatic rings. The van der Waals surface area contributed by atoms with Crippen molar-refractivity contribution in [2.75, 3.05) is 31.1 Å². The van der Waals surface area contributed by atoms with Crippen LogP contribution in [0.3, 0.4) is 0 Å². The second kappa shape index (κ2) is 11.0. The van der Waals surface area contributed by atoms with Crippen molar-refractivity contribution in [3.8, 4) is 5.75 Å². The highest BCUT2D eigenvalue weighted by Crippen LogP contribution is 2.22. The largest absolute Gasteiger partial charge is 0.487 e. The lowest BCUT2D eigenvalue weighted by atomic mass is 10.0. The van der Waals surface area contributed by atoms with Gasteiger partial charge < -0.3 is 24.6 Å². The summed E-state index contributed by atoms with van der Waals surface area (Å²) in [5, 5.41) is 2.75. The van der Waals surface area contributed by atoms with E-state index >= 15 is 0 Å². The van der Waals surface area contributed by atoms with Crippen molar-refractivity contribution in [3.63, 3.8) is 0 Å². The van der Waals surface area contributed by atoms with Gasteiger partial charge in [-0.1, -0.05) is 13.8 Å². The van der Waals surface area contributed by atoms with E-state index in [-0.39, 0.29) is 17.9 Å². The van der Waals surface area contributed by atoms with Crippen LogP contribution in [-0.2, 0) is 9.53 Å². The van der Waals surface area contributed by atoms with E-state index in [1.54, 1.807) is 38.1 Å². The first kappa shape index (κ1) is 25.1. The molecule has 2 aliphatic heterocycles. The van der Waals surface area contributed by atoms with Gasteiger partial charge in [0.2, 0.25) is 11.9 Å². The molecular formula is C24H39N5O4. The Morgan fingerprint density at radius 3 is 2.18 bits per heavy atom. The van der Waals surface area contributed by atoms with Gasteiger partial charge in [0.15, 0.2) is 5.75 Å². The molecule has 1 atom stereocenters. The van der Waals surface area contributed by atoms with Gasteiger partial charge in [-0.2, -0.15) is 0 Å². The number of ether oxygens (including phenoxy) is 2. The molecular weight excluding hydrogens is 422 g/mol. The maximum atomic E-state index is 13.1. The second-order valence-corrected chi connectivity index (χ2v) is 10.3. The first-order valence-corrected chi connectivity index (χ1v) is 12.1. The molecule has 2 saturated heterocycles. The van der Waals surface area contributed by atoms with Gasteiger partial charge >= 0.3 is 6.09 Å². The summed E-state index contributed by atoms with van der Waals surface area (Å²) >= 11 is 0. The lowest BCUT2D eigenvalue weighted by molar-refractivity contribution is -0.136. The summed E-state index contributed by atoms with van der Waals surface area (Å²) in [7, 11) is 0. The predicted molar refractivity (Wildman–Crippen MR) is 126 cm³/mol. The summed E-state index contributed by atoms with van der Waals surface area (Å²) in [6.07, 6.45) is 8.01. The molecule has 9 heteroatoms. The van der Waals surface area contributed by atoms with Crippen LogP contribution in [-0.4, -0.2) is 70.8 Å². The molecule has 1 N–H and O–H groups in total. The smallest absolute Gasteiger partial charge is 0.408 e. The molecule has 2 amide bonds. The number of amides is 2. The maximum Gasteiger partial charge on any atom is 0.408 e. The van der Waals surface area contributed by atoms with E-state index in [1.807, 2.05) is 13.8 Å². The Hall–Kier alpha value is -2.58. The quantitative estimate of drug-likeness (QED) is 0.693. The molecule has 0 radical (unpaired) electrons. The van der Waals surface area contributed by atoms with Crippen LogP contribution in [0.25, 0.3) is 0 Å². The first-order chi connectivity index (χ1) is 15.6. The average molecular weight is 462 g/mol. The number of anilines is 1. The number of nitrogens with zero attached hydrogens (tertiary/aromatic N) is 4. The zero-order valence-electron chi connectivity index (χ0n) is 20.7. The predicted octanol–water partition coefficient (Wildman–Crippen LogP) is 3.39. The molecule has 0 spiro atoms. The zero-order chi connectivity index (χ0) is 24.0. The summed E-state index contributed by atoms with van der Waals surface area (Å²) in [5.74, 6) is 1.30. The summed E-state index contributed by atoms with van der Waals surface area (Å²) in [5.41, 5.74) is -0.611. The fraction of sp³-hybridized carbons (Fsp3) is 0.750. The lowest BCUT2D eigenvalue weighted by Crippen LogP contribution is -2.54. The molecule has 2 fully saturated rings. The van der Waals surface area contributed by atoms with E-state index in [2.05, 4.69) is 20.2 Å². The lowest BCUT2D eigenvalue weighted by Gasteiger charge is -2.35. The maximum absolute atomic E-state index is 13.1. The molecule has 3 heterocycles. The fourth-order valence-electron chi connectivity index (χ4n) is 4.16. The minimum absolute atomic E-state index is 0.00908. The van der Waals surface area contributed by atoms with E-state index in [0.29, 0.717) is 18.8 Å².